The molecule has 0 bridgehead atoms. The average Bonchev–Trinajstić information content (AvgIpc) is 2.88. The SMILES string of the molecule is COCCNCc1cc(Cl)ccc1-n1ccnc1. The Kier molecular flexibility index (Phi) is 4.75. The summed E-state index contributed by atoms with van der Waals surface area (Å²) in [5, 5.41) is 4.05. The van der Waals surface area contributed by atoms with Crippen LogP contribution < -0.4 is 5.32 Å². The van der Waals surface area contributed by atoms with E-state index in [1.165, 1.54) is 0 Å². The first-order chi connectivity index (χ1) is 8.81. The smallest absolute Gasteiger partial charge is 0.0991 e. The molecule has 0 amide bonds. The van der Waals surface area contributed by atoms with E-state index in [-0.39, 0.29) is 0 Å². The maximum atomic E-state index is 6.04. The molecule has 2 aromatic rings. The Bertz CT molecular complexity index is 485. The number of imidazole rings is 1. The molecule has 0 saturated carbocycles. The molecule has 0 radical (unpaired) electrons. The molecule has 0 spiro atoms. The molecule has 1 heterocycles. The highest BCUT2D eigenvalue weighted by Crippen LogP contribution is 2.19. The van der Waals surface area contributed by atoms with Crippen LogP contribution in [-0.4, -0.2) is 29.8 Å². The number of halogens is 1. The molecule has 5 heteroatoms. The number of nitrogens with zero attached hydrogens (tertiary/aromatic N) is 2. The number of aromatic nitrogens is 2. The third-order valence-electron chi connectivity index (χ3n) is 2.62. The monoisotopic (exact) mass is 265 g/mol. The fourth-order valence-corrected chi connectivity index (χ4v) is 1.94. The lowest BCUT2D eigenvalue weighted by atomic mass is 10.1. The number of methoxy groups -OCH3 is 1. The van der Waals surface area contributed by atoms with Gasteiger partial charge in [0.05, 0.1) is 18.6 Å². The number of nitrogens with one attached hydrogen (secondary N) is 1. The van der Waals surface area contributed by atoms with Crippen LogP contribution in [0.1, 0.15) is 5.56 Å². The van der Waals surface area contributed by atoms with Crippen molar-refractivity contribution >= 4 is 11.6 Å². The van der Waals surface area contributed by atoms with Gasteiger partial charge in [0.2, 0.25) is 0 Å². The third-order valence-corrected chi connectivity index (χ3v) is 2.86. The van der Waals surface area contributed by atoms with Gasteiger partial charge in [0.15, 0.2) is 0 Å². The van der Waals surface area contributed by atoms with E-state index in [0.717, 1.165) is 29.4 Å². The molecule has 1 aromatic carbocycles. The van der Waals surface area contributed by atoms with Crippen LogP contribution in [0.25, 0.3) is 5.69 Å². The molecule has 96 valence electrons. The molecule has 0 saturated heterocycles. The summed E-state index contributed by atoms with van der Waals surface area (Å²) in [5.74, 6) is 0. The molecule has 2 rings (SSSR count). The van der Waals surface area contributed by atoms with Gasteiger partial charge in [-0.1, -0.05) is 11.6 Å². The van der Waals surface area contributed by atoms with Crippen LogP contribution in [0.4, 0.5) is 0 Å². The highest BCUT2D eigenvalue weighted by atomic mass is 35.5. The van der Waals surface area contributed by atoms with Gasteiger partial charge < -0.3 is 14.6 Å². The van der Waals surface area contributed by atoms with E-state index in [4.69, 9.17) is 16.3 Å². The summed E-state index contributed by atoms with van der Waals surface area (Å²) in [5.41, 5.74) is 2.22. The normalized spacial score (nSPS) is 10.8. The van der Waals surface area contributed by atoms with E-state index in [1.807, 2.05) is 29.0 Å². The zero-order chi connectivity index (χ0) is 12.8. The van der Waals surface area contributed by atoms with Gasteiger partial charge >= 0.3 is 0 Å². The summed E-state index contributed by atoms with van der Waals surface area (Å²) in [6.45, 7) is 2.25. The molecular weight excluding hydrogens is 250 g/mol. The summed E-state index contributed by atoms with van der Waals surface area (Å²) in [4.78, 5) is 4.06. The van der Waals surface area contributed by atoms with Crippen molar-refractivity contribution in [1.82, 2.24) is 14.9 Å². The fourth-order valence-electron chi connectivity index (χ4n) is 1.75. The Labute approximate surface area is 112 Å². The zero-order valence-electron chi connectivity index (χ0n) is 10.3. The first-order valence-corrected chi connectivity index (χ1v) is 6.15. The first-order valence-electron chi connectivity index (χ1n) is 5.77. The van der Waals surface area contributed by atoms with Gasteiger partial charge in [-0.2, -0.15) is 0 Å². The average molecular weight is 266 g/mol. The second-order valence-electron chi connectivity index (χ2n) is 3.91. The standard InChI is InChI=1S/C13H16ClN3O/c1-18-7-5-15-9-11-8-12(14)2-3-13(11)17-6-4-16-10-17/h2-4,6,8,10,15H,5,7,9H2,1H3. The number of benzene rings is 1. The molecule has 4 nitrogen and oxygen atoms in total. The lowest BCUT2D eigenvalue weighted by molar-refractivity contribution is 0.199. The van der Waals surface area contributed by atoms with E-state index < -0.39 is 0 Å². The van der Waals surface area contributed by atoms with Crippen LogP contribution in [0.15, 0.2) is 36.9 Å². The highest BCUT2D eigenvalue weighted by molar-refractivity contribution is 6.30. The van der Waals surface area contributed by atoms with Gasteiger partial charge in [-0.25, -0.2) is 4.98 Å². The van der Waals surface area contributed by atoms with Crippen molar-refractivity contribution in [2.45, 2.75) is 6.54 Å². The number of hydrogen-bond acceptors (Lipinski definition) is 3. The van der Waals surface area contributed by atoms with E-state index in [2.05, 4.69) is 10.3 Å². The van der Waals surface area contributed by atoms with Crippen LogP contribution >= 0.6 is 11.6 Å². The highest BCUT2D eigenvalue weighted by Gasteiger charge is 2.05. The maximum Gasteiger partial charge on any atom is 0.0991 e. The molecule has 0 aliphatic heterocycles. The Morgan fingerprint density at radius 1 is 1.44 bits per heavy atom. The second-order valence-corrected chi connectivity index (χ2v) is 4.35. The van der Waals surface area contributed by atoms with Crippen LogP contribution in [-0.2, 0) is 11.3 Å². The van der Waals surface area contributed by atoms with E-state index in [1.54, 1.807) is 19.6 Å². The largest absolute Gasteiger partial charge is 0.383 e. The molecular formula is C13H16ClN3O. The van der Waals surface area contributed by atoms with E-state index >= 15 is 0 Å². The van der Waals surface area contributed by atoms with Crippen molar-refractivity contribution in [2.75, 3.05) is 20.3 Å². The topological polar surface area (TPSA) is 39.1 Å². The maximum absolute atomic E-state index is 6.04. The van der Waals surface area contributed by atoms with Gasteiger partial charge in [-0.05, 0) is 23.8 Å². The van der Waals surface area contributed by atoms with Crippen molar-refractivity contribution in [1.29, 1.82) is 0 Å². The van der Waals surface area contributed by atoms with Crippen molar-refractivity contribution in [3.8, 4) is 5.69 Å². The van der Waals surface area contributed by atoms with Crippen LogP contribution in [0.5, 0.6) is 0 Å². The Hall–Kier alpha value is -1.36. The minimum Gasteiger partial charge on any atom is -0.383 e. The number of hydrogen-bond donors (Lipinski definition) is 1. The van der Waals surface area contributed by atoms with Gasteiger partial charge in [0, 0.05) is 37.6 Å². The van der Waals surface area contributed by atoms with Crippen LogP contribution in [0, 0.1) is 0 Å². The lowest BCUT2D eigenvalue weighted by Crippen LogP contribution is -2.19. The molecule has 0 aliphatic carbocycles. The molecule has 0 fully saturated rings. The summed E-state index contributed by atoms with van der Waals surface area (Å²) < 4.78 is 6.98. The first kappa shape index (κ1) is 13.1. The Balaban J connectivity index is 2.14. The molecule has 1 N–H and O–H groups in total. The second kappa shape index (κ2) is 6.54. The molecule has 18 heavy (non-hydrogen) atoms. The van der Waals surface area contributed by atoms with Gasteiger partial charge in [0.1, 0.15) is 0 Å². The predicted molar refractivity (Wildman–Crippen MR) is 72.2 cm³/mol. The van der Waals surface area contributed by atoms with Crippen molar-refractivity contribution in [3.63, 3.8) is 0 Å². The molecule has 0 atom stereocenters. The van der Waals surface area contributed by atoms with Crippen molar-refractivity contribution in [2.24, 2.45) is 0 Å². The number of ether oxygens (including phenoxy) is 1. The minimum atomic E-state index is 0.695. The quantitative estimate of drug-likeness (QED) is 0.815. The molecule has 0 unspecified atom stereocenters. The van der Waals surface area contributed by atoms with Gasteiger partial charge in [-0.15, -0.1) is 0 Å². The summed E-state index contributed by atoms with van der Waals surface area (Å²) in [6.07, 6.45) is 5.46. The third kappa shape index (κ3) is 3.32. The number of rotatable bonds is 6. The summed E-state index contributed by atoms with van der Waals surface area (Å²) in [7, 11) is 1.69. The van der Waals surface area contributed by atoms with Crippen molar-refractivity contribution in [3.05, 3.63) is 47.5 Å². The van der Waals surface area contributed by atoms with Crippen LogP contribution in [0.2, 0.25) is 5.02 Å². The Morgan fingerprint density at radius 2 is 2.33 bits per heavy atom. The van der Waals surface area contributed by atoms with Gasteiger partial charge in [-0.3, -0.25) is 0 Å². The lowest BCUT2D eigenvalue weighted by Gasteiger charge is -2.11. The summed E-state index contributed by atoms with van der Waals surface area (Å²) in [6, 6.07) is 5.85. The van der Waals surface area contributed by atoms with E-state index in [9.17, 15) is 0 Å². The zero-order valence-corrected chi connectivity index (χ0v) is 11.0. The van der Waals surface area contributed by atoms with E-state index in [0.29, 0.717) is 6.61 Å². The summed E-state index contributed by atoms with van der Waals surface area (Å²) >= 11 is 6.04. The minimum absolute atomic E-state index is 0.695. The van der Waals surface area contributed by atoms with Crippen LogP contribution in [0.3, 0.4) is 0 Å². The molecule has 0 aliphatic rings. The molecule has 1 aromatic heterocycles. The van der Waals surface area contributed by atoms with Gasteiger partial charge in [0.25, 0.3) is 0 Å². The Morgan fingerprint density at radius 3 is 3.06 bits per heavy atom. The van der Waals surface area contributed by atoms with Crippen molar-refractivity contribution < 1.29 is 4.74 Å². The fraction of sp³-hybridized carbons (Fsp3) is 0.308. The predicted octanol–water partition coefficient (Wildman–Crippen LogP) is 2.26.